The Morgan fingerprint density at radius 3 is 2.39 bits per heavy atom. The van der Waals surface area contributed by atoms with E-state index < -0.39 is 15.0 Å². The lowest BCUT2D eigenvalue weighted by Crippen LogP contribution is -2.59. The maximum absolute atomic E-state index is 12.1. The van der Waals surface area contributed by atoms with Crippen LogP contribution in [-0.4, -0.2) is 44.2 Å². The molecule has 4 nitrogen and oxygen atoms in total. The fraction of sp³-hybridized carbons (Fsp3) is 0.812. The quantitative estimate of drug-likeness (QED) is 0.570. The zero-order valence-electron chi connectivity index (χ0n) is 13.7. The summed E-state index contributed by atoms with van der Waals surface area (Å²) in [6.07, 6.45) is 3.01. The maximum Gasteiger partial charge on any atom is 0.410 e. The van der Waals surface area contributed by atoms with Gasteiger partial charge in [0.25, 0.3) is 0 Å². The predicted molar refractivity (Wildman–Crippen MR) is 93.0 cm³/mol. The molecule has 0 aromatic carbocycles. The van der Waals surface area contributed by atoms with E-state index in [0.29, 0.717) is 32.4 Å². The average Bonchev–Trinajstić information content (AvgIpc) is 2.60. The summed E-state index contributed by atoms with van der Waals surface area (Å²) in [7, 11) is 0. The number of allylic oxidation sites excluding steroid dienone is 1. The summed E-state index contributed by atoms with van der Waals surface area (Å²) >= 11 is 18.1. The molecule has 1 amide bonds. The number of halogens is 3. The molecule has 2 aliphatic rings. The van der Waals surface area contributed by atoms with Crippen molar-refractivity contribution >= 4 is 40.9 Å². The average molecular weight is 385 g/mol. The van der Waals surface area contributed by atoms with E-state index in [1.807, 2.05) is 20.8 Å². The number of carbonyl (C=O) groups is 1. The van der Waals surface area contributed by atoms with Gasteiger partial charge in [0.15, 0.2) is 0 Å². The Balaban J connectivity index is 2.07. The Kier molecular flexibility index (Phi) is 4.98. The van der Waals surface area contributed by atoms with Gasteiger partial charge in [-0.2, -0.15) is 0 Å². The molecule has 1 aliphatic heterocycles. The smallest absolute Gasteiger partial charge is 0.410 e. The fourth-order valence-corrected chi connectivity index (χ4v) is 4.41. The lowest BCUT2D eigenvalue weighted by Gasteiger charge is -2.49. The van der Waals surface area contributed by atoms with Gasteiger partial charge in [0, 0.05) is 18.5 Å². The molecular weight excluding hydrogens is 361 g/mol. The standard InChI is InChI=1S/C16H24Cl3NO3/c1-5-6-11-7-14(8-15(11,22)16(17,18)19)9-20(10-14)12(21)23-13(2,3)4/h5,11,22H,1,6-10H2,2-4H3. The summed E-state index contributed by atoms with van der Waals surface area (Å²) < 4.78 is 3.60. The molecule has 132 valence electrons. The number of likely N-dealkylation sites (tertiary alicyclic amines) is 1. The molecule has 1 aliphatic carbocycles. The molecule has 2 fully saturated rings. The molecule has 0 radical (unpaired) electrons. The lowest BCUT2D eigenvalue weighted by molar-refractivity contribution is -0.0477. The highest BCUT2D eigenvalue weighted by molar-refractivity contribution is 6.68. The molecule has 2 unspecified atom stereocenters. The number of amides is 1. The first kappa shape index (κ1) is 19.2. The Labute approximate surface area is 152 Å². The number of alkyl halides is 3. The molecule has 0 aromatic heterocycles. The van der Waals surface area contributed by atoms with Crippen LogP contribution in [0, 0.1) is 11.3 Å². The summed E-state index contributed by atoms with van der Waals surface area (Å²) in [6.45, 7) is 10.2. The van der Waals surface area contributed by atoms with Crippen LogP contribution in [0.15, 0.2) is 12.7 Å². The minimum absolute atomic E-state index is 0.187. The van der Waals surface area contributed by atoms with Gasteiger partial charge in [-0.1, -0.05) is 40.9 Å². The van der Waals surface area contributed by atoms with Gasteiger partial charge in [0.1, 0.15) is 11.2 Å². The molecule has 1 spiro atoms. The van der Waals surface area contributed by atoms with Gasteiger partial charge in [0.05, 0.1) is 0 Å². The van der Waals surface area contributed by atoms with Crippen LogP contribution in [0.5, 0.6) is 0 Å². The Hall–Kier alpha value is -0.160. The van der Waals surface area contributed by atoms with Crippen LogP contribution in [-0.2, 0) is 4.74 Å². The first-order valence-corrected chi connectivity index (χ1v) is 8.83. The summed E-state index contributed by atoms with van der Waals surface area (Å²) in [5.74, 6) is -0.187. The molecule has 0 bridgehead atoms. The van der Waals surface area contributed by atoms with Crippen molar-refractivity contribution in [3.63, 3.8) is 0 Å². The summed E-state index contributed by atoms with van der Waals surface area (Å²) in [5, 5.41) is 11.0. The van der Waals surface area contributed by atoms with Gasteiger partial charge >= 0.3 is 6.09 Å². The molecule has 1 N–H and O–H groups in total. The number of rotatable bonds is 2. The monoisotopic (exact) mass is 383 g/mol. The molecule has 7 heteroatoms. The number of hydrogen-bond acceptors (Lipinski definition) is 3. The van der Waals surface area contributed by atoms with E-state index in [2.05, 4.69) is 6.58 Å². The van der Waals surface area contributed by atoms with Crippen LogP contribution in [0.3, 0.4) is 0 Å². The fourth-order valence-electron chi connectivity index (χ4n) is 3.75. The predicted octanol–water partition coefficient (Wildman–Crippen LogP) is 4.31. The molecule has 1 saturated carbocycles. The Morgan fingerprint density at radius 1 is 1.39 bits per heavy atom. The molecule has 2 rings (SSSR count). The first-order valence-electron chi connectivity index (χ1n) is 7.70. The first-order chi connectivity index (χ1) is 10.3. The maximum atomic E-state index is 12.1. The minimum Gasteiger partial charge on any atom is -0.444 e. The molecule has 23 heavy (non-hydrogen) atoms. The Morgan fingerprint density at radius 2 is 1.96 bits per heavy atom. The minimum atomic E-state index is -1.77. The van der Waals surface area contributed by atoms with E-state index in [1.165, 1.54) is 0 Å². The summed E-state index contributed by atoms with van der Waals surface area (Å²) in [5.41, 5.74) is -2.16. The molecular formula is C16H24Cl3NO3. The van der Waals surface area contributed by atoms with Gasteiger partial charge < -0.3 is 14.7 Å². The van der Waals surface area contributed by atoms with Crippen molar-refractivity contribution in [2.24, 2.45) is 11.3 Å². The second-order valence-electron chi connectivity index (χ2n) is 7.86. The second kappa shape index (κ2) is 5.98. The van der Waals surface area contributed by atoms with Crippen LogP contribution in [0.2, 0.25) is 0 Å². The number of hydrogen-bond donors (Lipinski definition) is 1. The van der Waals surface area contributed by atoms with Crippen LogP contribution >= 0.6 is 34.8 Å². The summed E-state index contributed by atoms with van der Waals surface area (Å²) in [6, 6.07) is 0. The van der Waals surface area contributed by atoms with Crippen molar-refractivity contribution in [2.75, 3.05) is 13.1 Å². The van der Waals surface area contributed by atoms with Gasteiger partial charge in [0.2, 0.25) is 3.79 Å². The highest BCUT2D eigenvalue weighted by atomic mass is 35.6. The van der Waals surface area contributed by atoms with Crippen LogP contribution in [0.1, 0.15) is 40.0 Å². The highest BCUT2D eigenvalue weighted by Gasteiger charge is 2.65. The highest BCUT2D eigenvalue weighted by Crippen LogP contribution is 2.60. The van der Waals surface area contributed by atoms with E-state index in [-0.39, 0.29) is 17.4 Å². The van der Waals surface area contributed by atoms with Gasteiger partial charge in [-0.3, -0.25) is 0 Å². The van der Waals surface area contributed by atoms with Crippen molar-refractivity contribution in [1.29, 1.82) is 0 Å². The van der Waals surface area contributed by atoms with E-state index >= 15 is 0 Å². The van der Waals surface area contributed by atoms with E-state index in [4.69, 9.17) is 39.5 Å². The number of nitrogens with zero attached hydrogens (tertiary/aromatic N) is 1. The Bertz CT molecular complexity index is 492. The number of aliphatic hydroxyl groups is 1. The molecule has 2 atom stereocenters. The molecule has 1 saturated heterocycles. The number of carbonyl (C=O) groups excluding carboxylic acids is 1. The van der Waals surface area contributed by atoms with Gasteiger partial charge in [-0.25, -0.2) is 4.79 Å². The van der Waals surface area contributed by atoms with Crippen LogP contribution < -0.4 is 0 Å². The van der Waals surface area contributed by atoms with Crippen molar-refractivity contribution in [3.05, 3.63) is 12.7 Å². The molecule has 1 heterocycles. The van der Waals surface area contributed by atoms with Crippen LogP contribution in [0.25, 0.3) is 0 Å². The third-order valence-electron chi connectivity index (χ3n) is 4.65. The largest absolute Gasteiger partial charge is 0.444 e. The van der Waals surface area contributed by atoms with Crippen molar-refractivity contribution in [2.45, 2.75) is 55.0 Å². The van der Waals surface area contributed by atoms with Crippen LogP contribution in [0.4, 0.5) is 4.79 Å². The van der Waals surface area contributed by atoms with Crippen molar-refractivity contribution < 1.29 is 14.6 Å². The zero-order chi connectivity index (χ0) is 17.7. The topological polar surface area (TPSA) is 49.8 Å². The SMILES string of the molecule is C=CCC1CC2(CN(C(=O)OC(C)(C)C)C2)CC1(O)C(Cl)(Cl)Cl. The lowest BCUT2D eigenvalue weighted by atomic mass is 9.77. The van der Waals surface area contributed by atoms with Gasteiger partial charge in [-0.15, -0.1) is 6.58 Å². The third kappa shape index (κ3) is 3.76. The normalized spacial score (nSPS) is 30.2. The number of ether oxygens (including phenoxy) is 1. The molecule has 0 aromatic rings. The van der Waals surface area contributed by atoms with E-state index in [0.717, 1.165) is 0 Å². The zero-order valence-corrected chi connectivity index (χ0v) is 16.0. The third-order valence-corrected chi connectivity index (χ3v) is 5.63. The van der Waals surface area contributed by atoms with Crippen molar-refractivity contribution in [3.8, 4) is 0 Å². The van der Waals surface area contributed by atoms with Crippen molar-refractivity contribution in [1.82, 2.24) is 4.90 Å². The second-order valence-corrected chi connectivity index (χ2v) is 10.1. The van der Waals surface area contributed by atoms with E-state index in [1.54, 1.807) is 11.0 Å². The van der Waals surface area contributed by atoms with Gasteiger partial charge in [-0.05, 0) is 46.0 Å². The summed E-state index contributed by atoms with van der Waals surface area (Å²) in [4.78, 5) is 13.7. The van der Waals surface area contributed by atoms with E-state index in [9.17, 15) is 9.90 Å².